The first-order valence-corrected chi connectivity index (χ1v) is 14.6. The highest BCUT2D eigenvalue weighted by atomic mass is 32.1. The molecule has 0 fully saturated rings. The first-order chi connectivity index (χ1) is 19.7. The molecule has 3 aromatic heterocycles. The molecular formula is C36H25N3S. The molecule has 4 aromatic carbocycles. The van der Waals surface area contributed by atoms with Gasteiger partial charge in [0.1, 0.15) is 5.82 Å². The van der Waals surface area contributed by atoms with E-state index in [4.69, 9.17) is 4.98 Å². The maximum Gasteiger partial charge on any atom is 0.134 e. The van der Waals surface area contributed by atoms with Crippen LogP contribution in [0.2, 0.25) is 0 Å². The van der Waals surface area contributed by atoms with E-state index in [1.807, 2.05) is 11.3 Å². The monoisotopic (exact) mass is 531 g/mol. The van der Waals surface area contributed by atoms with Crippen LogP contribution in [0.1, 0.15) is 18.4 Å². The van der Waals surface area contributed by atoms with Gasteiger partial charge in [0.15, 0.2) is 0 Å². The minimum absolute atomic E-state index is 0.195. The summed E-state index contributed by atoms with van der Waals surface area (Å²) < 4.78 is 4.90. The van der Waals surface area contributed by atoms with Crippen LogP contribution < -0.4 is 4.90 Å². The normalized spacial score (nSPS) is 19.7. The van der Waals surface area contributed by atoms with Crippen LogP contribution in [0, 0.1) is 0 Å². The smallest absolute Gasteiger partial charge is 0.134 e. The summed E-state index contributed by atoms with van der Waals surface area (Å²) >= 11 is 1.82. The van der Waals surface area contributed by atoms with Gasteiger partial charge in [-0.3, -0.25) is 0 Å². The maximum atomic E-state index is 5.05. The molecule has 4 heteroatoms. The summed E-state index contributed by atoms with van der Waals surface area (Å²) in [5.74, 6) is 1.29. The quantitative estimate of drug-likeness (QED) is 0.221. The van der Waals surface area contributed by atoms with Crippen LogP contribution in [-0.4, -0.2) is 15.1 Å². The minimum atomic E-state index is -0.195. The minimum Gasteiger partial charge on any atom is -0.316 e. The van der Waals surface area contributed by atoms with Crippen molar-refractivity contribution in [3.63, 3.8) is 0 Å². The zero-order chi connectivity index (χ0) is 26.4. The summed E-state index contributed by atoms with van der Waals surface area (Å²) in [7, 11) is 0. The Morgan fingerprint density at radius 2 is 1.45 bits per heavy atom. The molecule has 2 aliphatic rings. The Bertz CT molecular complexity index is 2160. The van der Waals surface area contributed by atoms with Gasteiger partial charge in [0.2, 0.25) is 0 Å². The summed E-state index contributed by atoms with van der Waals surface area (Å²) in [5.41, 5.74) is 6.05. The van der Waals surface area contributed by atoms with Gasteiger partial charge in [-0.2, -0.15) is 0 Å². The van der Waals surface area contributed by atoms with Crippen LogP contribution in [-0.2, 0) is 0 Å². The van der Waals surface area contributed by atoms with Crippen LogP contribution in [0.3, 0.4) is 0 Å². The van der Waals surface area contributed by atoms with Gasteiger partial charge in [0.25, 0.3) is 0 Å². The molecule has 0 saturated heterocycles. The fourth-order valence-electron chi connectivity index (χ4n) is 7.06. The number of nitrogens with zero attached hydrogens (tertiary/aromatic N) is 3. The molecule has 2 unspecified atom stereocenters. The van der Waals surface area contributed by atoms with E-state index in [0.717, 1.165) is 5.82 Å². The number of anilines is 2. The van der Waals surface area contributed by atoms with E-state index in [0.29, 0.717) is 5.92 Å². The second-order valence-corrected chi connectivity index (χ2v) is 12.1. The van der Waals surface area contributed by atoms with E-state index in [9.17, 15) is 0 Å². The Hall–Kier alpha value is -4.67. The lowest BCUT2D eigenvalue weighted by atomic mass is 9.80. The van der Waals surface area contributed by atoms with Gasteiger partial charge < -0.3 is 9.47 Å². The number of aromatic nitrogens is 2. The van der Waals surface area contributed by atoms with Gasteiger partial charge in [-0.05, 0) is 55.0 Å². The molecule has 0 saturated carbocycles. The third-order valence-corrected chi connectivity index (χ3v) is 9.99. The largest absolute Gasteiger partial charge is 0.316 e. The molecule has 0 radical (unpaired) electrons. The molecule has 4 heterocycles. The average molecular weight is 532 g/mol. The molecule has 0 N–H and O–H groups in total. The predicted molar refractivity (Wildman–Crippen MR) is 169 cm³/mol. The van der Waals surface area contributed by atoms with Gasteiger partial charge in [0.05, 0.1) is 21.3 Å². The third kappa shape index (κ3) is 2.86. The summed E-state index contributed by atoms with van der Waals surface area (Å²) in [6.07, 6.45) is 11.1. The molecular weight excluding hydrogens is 506 g/mol. The molecule has 3 nitrogen and oxygen atoms in total. The second kappa shape index (κ2) is 7.93. The molecule has 9 rings (SSSR count). The van der Waals surface area contributed by atoms with Crippen LogP contribution in [0.15, 0.2) is 128 Å². The molecule has 2 atom stereocenters. The van der Waals surface area contributed by atoms with E-state index in [1.165, 1.54) is 58.9 Å². The first kappa shape index (κ1) is 22.2. The molecule has 7 aromatic rings. The summed E-state index contributed by atoms with van der Waals surface area (Å²) in [6.45, 7) is 2.33. The summed E-state index contributed by atoms with van der Waals surface area (Å²) in [4.78, 5) is 7.48. The van der Waals surface area contributed by atoms with Gasteiger partial charge in [0, 0.05) is 49.7 Å². The third-order valence-electron chi connectivity index (χ3n) is 8.87. The topological polar surface area (TPSA) is 21.1 Å². The highest BCUT2D eigenvalue weighted by Gasteiger charge is 2.47. The number of allylic oxidation sites excluding steroid dienone is 2. The number of pyridine rings is 1. The van der Waals surface area contributed by atoms with Crippen molar-refractivity contribution in [2.24, 2.45) is 0 Å². The highest BCUT2D eigenvalue weighted by Crippen LogP contribution is 2.53. The number of hydrogen-bond acceptors (Lipinski definition) is 3. The second-order valence-electron chi connectivity index (χ2n) is 11.0. The van der Waals surface area contributed by atoms with Crippen LogP contribution >= 0.6 is 11.3 Å². The van der Waals surface area contributed by atoms with Crippen molar-refractivity contribution in [2.75, 3.05) is 4.90 Å². The van der Waals surface area contributed by atoms with Gasteiger partial charge >= 0.3 is 0 Å². The van der Waals surface area contributed by atoms with Crippen molar-refractivity contribution in [1.82, 2.24) is 9.55 Å². The van der Waals surface area contributed by atoms with E-state index in [1.54, 1.807) is 0 Å². The molecule has 1 aliphatic heterocycles. The Morgan fingerprint density at radius 3 is 2.27 bits per heavy atom. The van der Waals surface area contributed by atoms with Crippen LogP contribution in [0.25, 0.3) is 47.7 Å². The zero-order valence-electron chi connectivity index (χ0n) is 22.0. The lowest BCUT2D eigenvalue weighted by Gasteiger charge is -2.38. The number of benzene rings is 4. The molecule has 190 valence electrons. The van der Waals surface area contributed by atoms with Crippen molar-refractivity contribution >= 4 is 64.8 Å². The molecule has 40 heavy (non-hydrogen) atoms. The Balaban J connectivity index is 1.27. The van der Waals surface area contributed by atoms with Crippen molar-refractivity contribution in [1.29, 1.82) is 0 Å². The van der Waals surface area contributed by atoms with Crippen molar-refractivity contribution < 1.29 is 0 Å². The Morgan fingerprint density at radius 1 is 0.725 bits per heavy atom. The first-order valence-electron chi connectivity index (χ1n) is 13.8. The SMILES string of the molecule is CC12C=CC=CC1c1ccccc1N2c1cc2c(cn1)sc1ccc(-n3c4ccccc4c4ccccc43)cc12. The Kier molecular flexibility index (Phi) is 4.40. The predicted octanol–water partition coefficient (Wildman–Crippen LogP) is 9.67. The van der Waals surface area contributed by atoms with E-state index in [2.05, 4.69) is 144 Å². The van der Waals surface area contributed by atoms with E-state index >= 15 is 0 Å². The number of fused-ring (bicyclic) bond motifs is 9. The molecule has 1 aliphatic carbocycles. The fraction of sp³-hybridized carbons (Fsp3) is 0.0833. The number of rotatable bonds is 2. The Labute approximate surface area is 235 Å². The van der Waals surface area contributed by atoms with Gasteiger partial charge in [-0.25, -0.2) is 4.98 Å². The number of thiophene rings is 1. The average Bonchev–Trinajstić information content (AvgIpc) is 3.61. The summed E-state index contributed by atoms with van der Waals surface area (Å²) in [6, 6.07) is 35.4. The molecule has 0 amide bonds. The molecule has 0 spiro atoms. The lowest BCUT2D eigenvalue weighted by Crippen LogP contribution is -2.42. The van der Waals surface area contributed by atoms with Gasteiger partial charge in [-0.15, -0.1) is 11.3 Å². The zero-order valence-corrected chi connectivity index (χ0v) is 22.8. The van der Waals surface area contributed by atoms with E-state index in [-0.39, 0.29) is 5.54 Å². The van der Waals surface area contributed by atoms with Crippen molar-refractivity contribution in [3.05, 3.63) is 133 Å². The number of hydrogen-bond donors (Lipinski definition) is 0. The lowest BCUT2D eigenvalue weighted by molar-refractivity contribution is 0.539. The number of para-hydroxylation sites is 3. The fourth-order valence-corrected chi connectivity index (χ4v) is 8.10. The van der Waals surface area contributed by atoms with Gasteiger partial charge in [-0.1, -0.05) is 78.9 Å². The summed E-state index contributed by atoms with van der Waals surface area (Å²) in [5, 5.41) is 5.10. The van der Waals surface area contributed by atoms with Crippen LogP contribution in [0.5, 0.6) is 0 Å². The molecule has 0 bridgehead atoms. The van der Waals surface area contributed by atoms with Crippen molar-refractivity contribution in [3.8, 4) is 5.69 Å². The van der Waals surface area contributed by atoms with Crippen molar-refractivity contribution in [2.45, 2.75) is 18.4 Å². The maximum absolute atomic E-state index is 5.05. The highest BCUT2D eigenvalue weighted by molar-refractivity contribution is 7.25. The van der Waals surface area contributed by atoms with E-state index < -0.39 is 0 Å². The standard InChI is InChI=1S/C36H25N3S/c1-36-19-9-8-13-29(36)26-12-4-7-16-32(26)39(36)35-21-28-27-20-23(17-18-33(27)40-34(28)22-37-35)38-30-14-5-2-10-24(30)25-11-3-6-15-31(25)38/h2-22,29H,1H3. The van der Waals surface area contributed by atoms with Crippen LogP contribution in [0.4, 0.5) is 11.5 Å².